The summed E-state index contributed by atoms with van der Waals surface area (Å²) >= 11 is 11.7. The predicted octanol–water partition coefficient (Wildman–Crippen LogP) is 5.96. The summed E-state index contributed by atoms with van der Waals surface area (Å²) in [6.07, 6.45) is -2.51. The summed E-state index contributed by atoms with van der Waals surface area (Å²) in [7, 11) is 0. The Morgan fingerprint density at radius 2 is 1.74 bits per heavy atom. The monoisotopic (exact) mass is 418 g/mol. The van der Waals surface area contributed by atoms with Crippen molar-refractivity contribution < 1.29 is 22.4 Å². The van der Waals surface area contributed by atoms with Gasteiger partial charge in [0.1, 0.15) is 5.82 Å². The molecule has 0 bridgehead atoms. The molecule has 0 spiro atoms. The Kier molecular flexibility index (Phi) is 5.10. The van der Waals surface area contributed by atoms with Crippen LogP contribution in [0.3, 0.4) is 0 Å². The van der Waals surface area contributed by atoms with Crippen molar-refractivity contribution in [3.05, 3.63) is 69.5 Å². The standard InChI is InChI=1S/C18H12Cl2F4N2O/c19-12-6-11(7-13(20)8-12)17(18(22,23)24)9-14(26-27-17)3-1-10-2-4-15(21)16(25)5-10/h1-8H,9,25H2. The van der Waals surface area contributed by atoms with Gasteiger partial charge in [0.15, 0.2) is 0 Å². The van der Waals surface area contributed by atoms with E-state index in [0.29, 0.717) is 5.56 Å². The van der Waals surface area contributed by atoms with Crippen LogP contribution >= 0.6 is 23.2 Å². The number of hydrogen-bond acceptors (Lipinski definition) is 3. The Labute approximate surface area is 162 Å². The number of alkyl halides is 3. The van der Waals surface area contributed by atoms with Crippen molar-refractivity contribution >= 4 is 40.7 Å². The number of allylic oxidation sites excluding steroid dienone is 1. The first-order chi connectivity index (χ1) is 12.6. The molecule has 2 N–H and O–H groups in total. The zero-order valence-corrected chi connectivity index (χ0v) is 15.0. The average molecular weight is 419 g/mol. The first-order valence-corrected chi connectivity index (χ1v) is 8.38. The van der Waals surface area contributed by atoms with E-state index < -0.39 is 24.0 Å². The Hall–Kier alpha value is -2.25. The third-order valence-corrected chi connectivity index (χ3v) is 4.46. The lowest BCUT2D eigenvalue weighted by Gasteiger charge is -2.29. The van der Waals surface area contributed by atoms with E-state index in [1.54, 1.807) is 0 Å². The van der Waals surface area contributed by atoms with Crippen molar-refractivity contribution in [2.24, 2.45) is 5.16 Å². The highest BCUT2D eigenvalue weighted by Gasteiger charge is 2.62. The van der Waals surface area contributed by atoms with Crippen LogP contribution in [0.5, 0.6) is 0 Å². The average Bonchev–Trinajstić information content (AvgIpc) is 3.01. The molecule has 9 heteroatoms. The van der Waals surface area contributed by atoms with Crippen LogP contribution in [0.15, 0.2) is 47.6 Å². The van der Waals surface area contributed by atoms with Crippen LogP contribution in [-0.2, 0) is 10.4 Å². The van der Waals surface area contributed by atoms with Gasteiger partial charge in [-0.15, -0.1) is 0 Å². The number of rotatable bonds is 3. The molecule has 1 unspecified atom stereocenters. The molecule has 1 atom stereocenters. The van der Waals surface area contributed by atoms with Crippen molar-refractivity contribution in [3.63, 3.8) is 0 Å². The molecule has 1 aliphatic heterocycles. The summed E-state index contributed by atoms with van der Waals surface area (Å²) < 4.78 is 54.7. The van der Waals surface area contributed by atoms with E-state index in [1.807, 2.05) is 0 Å². The minimum Gasteiger partial charge on any atom is -0.396 e. The third kappa shape index (κ3) is 3.89. The Balaban J connectivity index is 1.90. The van der Waals surface area contributed by atoms with Gasteiger partial charge < -0.3 is 10.6 Å². The maximum Gasteiger partial charge on any atom is 0.435 e. The van der Waals surface area contributed by atoms with Crippen molar-refractivity contribution in [2.45, 2.75) is 18.2 Å². The molecule has 3 rings (SSSR count). The first kappa shape index (κ1) is 19.5. The summed E-state index contributed by atoms with van der Waals surface area (Å²) in [5.41, 5.74) is 3.02. The van der Waals surface area contributed by atoms with Gasteiger partial charge in [-0.05, 0) is 42.0 Å². The number of anilines is 1. The van der Waals surface area contributed by atoms with Crippen molar-refractivity contribution in [2.75, 3.05) is 5.73 Å². The summed E-state index contributed by atoms with van der Waals surface area (Å²) in [6, 6.07) is 7.57. The third-order valence-electron chi connectivity index (χ3n) is 4.02. The maximum atomic E-state index is 13.8. The lowest BCUT2D eigenvalue weighted by atomic mass is 9.88. The molecule has 0 saturated carbocycles. The summed E-state index contributed by atoms with van der Waals surface area (Å²) in [5, 5.41) is 3.67. The van der Waals surface area contributed by atoms with Crippen LogP contribution in [0.25, 0.3) is 6.08 Å². The largest absolute Gasteiger partial charge is 0.435 e. The SMILES string of the molecule is Nc1cc(C=CC2=NOC(c3cc(Cl)cc(Cl)c3)(C(F)(F)F)C2)ccc1F. The summed E-state index contributed by atoms with van der Waals surface area (Å²) in [4.78, 5) is 4.85. The van der Waals surface area contributed by atoms with Gasteiger partial charge in [0, 0.05) is 22.0 Å². The number of nitrogens with two attached hydrogens (primary N) is 1. The first-order valence-electron chi connectivity index (χ1n) is 7.62. The van der Waals surface area contributed by atoms with Gasteiger partial charge in [-0.3, -0.25) is 0 Å². The minimum atomic E-state index is -4.76. The molecule has 2 aromatic carbocycles. The molecule has 0 aliphatic carbocycles. The highest BCUT2D eigenvalue weighted by atomic mass is 35.5. The predicted molar refractivity (Wildman–Crippen MR) is 97.2 cm³/mol. The zero-order chi connectivity index (χ0) is 19.8. The number of halogens is 6. The molecule has 2 aromatic rings. The lowest BCUT2D eigenvalue weighted by Crippen LogP contribution is -2.42. The topological polar surface area (TPSA) is 47.6 Å². The molecule has 0 saturated heterocycles. The van der Waals surface area contributed by atoms with Gasteiger partial charge in [-0.2, -0.15) is 13.2 Å². The van der Waals surface area contributed by atoms with Crippen LogP contribution in [-0.4, -0.2) is 11.9 Å². The molecular formula is C18H12Cl2F4N2O. The molecule has 0 fully saturated rings. The van der Waals surface area contributed by atoms with E-state index in [-0.39, 0.29) is 27.0 Å². The van der Waals surface area contributed by atoms with Gasteiger partial charge in [-0.1, -0.05) is 40.5 Å². The number of benzene rings is 2. The number of oxime groups is 1. The molecule has 0 amide bonds. The molecule has 1 aliphatic rings. The fourth-order valence-electron chi connectivity index (χ4n) is 2.66. The van der Waals surface area contributed by atoms with Gasteiger partial charge in [0.25, 0.3) is 5.60 Å². The Morgan fingerprint density at radius 3 is 2.33 bits per heavy atom. The quantitative estimate of drug-likeness (QED) is 0.493. The summed E-state index contributed by atoms with van der Waals surface area (Å²) in [6.45, 7) is 0. The second-order valence-electron chi connectivity index (χ2n) is 5.95. The van der Waals surface area contributed by atoms with E-state index in [1.165, 1.54) is 30.4 Å². The van der Waals surface area contributed by atoms with Crippen molar-refractivity contribution in [1.29, 1.82) is 0 Å². The maximum absolute atomic E-state index is 13.8. The van der Waals surface area contributed by atoms with Crippen LogP contribution in [0.2, 0.25) is 10.0 Å². The molecule has 142 valence electrons. The molecular weight excluding hydrogens is 407 g/mol. The second-order valence-corrected chi connectivity index (χ2v) is 6.82. The fraction of sp³-hybridized carbons (Fsp3) is 0.167. The van der Waals surface area contributed by atoms with Gasteiger partial charge in [0.05, 0.1) is 11.4 Å². The number of nitrogen functional groups attached to an aromatic ring is 1. The lowest BCUT2D eigenvalue weighted by molar-refractivity contribution is -0.275. The van der Waals surface area contributed by atoms with E-state index in [9.17, 15) is 17.6 Å². The summed E-state index contributed by atoms with van der Waals surface area (Å²) in [5.74, 6) is -0.581. The molecule has 3 nitrogen and oxygen atoms in total. The zero-order valence-electron chi connectivity index (χ0n) is 13.5. The normalized spacial score (nSPS) is 20.0. The Morgan fingerprint density at radius 1 is 1.07 bits per heavy atom. The van der Waals surface area contributed by atoms with Gasteiger partial charge >= 0.3 is 6.18 Å². The Bertz CT molecular complexity index is 923. The molecule has 0 aromatic heterocycles. The number of hydrogen-bond donors (Lipinski definition) is 1. The van der Waals surface area contributed by atoms with Crippen LogP contribution in [0, 0.1) is 5.82 Å². The van der Waals surface area contributed by atoms with E-state index in [0.717, 1.165) is 18.2 Å². The van der Waals surface area contributed by atoms with Gasteiger partial charge in [-0.25, -0.2) is 4.39 Å². The van der Waals surface area contributed by atoms with Crippen molar-refractivity contribution in [3.8, 4) is 0 Å². The molecule has 0 radical (unpaired) electrons. The number of nitrogens with zero attached hydrogens (tertiary/aromatic N) is 1. The van der Waals surface area contributed by atoms with Crippen LogP contribution in [0.4, 0.5) is 23.2 Å². The van der Waals surface area contributed by atoms with Crippen molar-refractivity contribution in [1.82, 2.24) is 0 Å². The minimum absolute atomic E-state index is 0.0475. The molecule has 1 heterocycles. The second kappa shape index (κ2) is 7.05. The highest BCUT2D eigenvalue weighted by molar-refractivity contribution is 6.34. The van der Waals surface area contributed by atoms with E-state index in [2.05, 4.69) is 5.16 Å². The van der Waals surface area contributed by atoms with Crippen LogP contribution < -0.4 is 5.73 Å². The van der Waals surface area contributed by atoms with Crippen LogP contribution in [0.1, 0.15) is 17.5 Å². The highest BCUT2D eigenvalue weighted by Crippen LogP contribution is 2.49. The van der Waals surface area contributed by atoms with E-state index in [4.69, 9.17) is 33.8 Å². The molecule has 27 heavy (non-hydrogen) atoms. The fourth-order valence-corrected chi connectivity index (χ4v) is 3.19. The smallest absolute Gasteiger partial charge is 0.396 e. The van der Waals surface area contributed by atoms with E-state index >= 15 is 0 Å². The van der Waals surface area contributed by atoms with Gasteiger partial charge in [0.2, 0.25) is 0 Å².